The summed E-state index contributed by atoms with van der Waals surface area (Å²) in [5, 5.41) is 3.07. The van der Waals surface area contributed by atoms with E-state index in [0.29, 0.717) is 24.7 Å². The molecular formula is C28H33NO3. The lowest BCUT2D eigenvalue weighted by molar-refractivity contribution is -0.120. The van der Waals surface area contributed by atoms with Crippen molar-refractivity contribution in [3.8, 4) is 11.5 Å². The number of carbonyl (C=O) groups excluding carboxylic acids is 1. The van der Waals surface area contributed by atoms with Crippen molar-refractivity contribution < 1.29 is 14.3 Å². The molecule has 1 atom stereocenters. The smallest absolute Gasteiger partial charge is 0.227 e. The van der Waals surface area contributed by atoms with Gasteiger partial charge in [0.15, 0.2) is 11.5 Å². The highest BCUT2D eigenvalue weighted by Crippen LogP contribution is 2.32. The van der Waals surface area contributed by atoms with E-state index in [1.807, 2.05) is 78.9 Å². The van der Waals surface area contributed by atoms with Gasteiger partial charge in [-0.05, 0) is 36.1 Å². The highest BCUT2D eigenvalue weighted by molar-refractivity contribution is 5.92. The zero-order valence-corrected chi connectivity index (χ0v) is 19.1. The fourth-order valence-corrected chi connectivity index (χ4v) is 3.50. The predicted octanol–water partition coefficient (Wildman–Crippen LogP) is 7.00. The first-order valence-corrected chi connectivity index (χ1v) is 11.5. The largest absolute Gasteiger partial charge is 0.485 e. The second-order valence-electron chi connectivity index (χ2n) is 7.95. The van der Waals surface area contributed by atoms with E-state index in [0.717, 1.165) is 42.5 Å². The number of rotatable bonds is 12. The van der Waals surface area contributed by atoms with E-state index in [1.54, 1.807) is 0 Å². The van der Waals surface area contributed by atoms with Crippen molar-refractivity contribution in [2.45, 2.75) is 52.7 Å². The molecule has 0 aliphatic rings. The zero-order chi connectivity index (χ0) is 22.6. The van der Waals surface area contributed by atoms with Gasteiger partial charge >= 0.3 is 0 Å². The van der Waals surface area contributed by atoms with E-state index in [-0.39, 0.29) is 11.8 Å². The van der Waals surface area contributed by atoms with Gasteiger partial charge in [0.25, 0.3) is 0 Å². The van der Waals surface area contributed by atoms with Crippen molar-refractivity contribution in [2.75, 3.05) is 5.32 Å². The van der Waals surface area contributed by atoms with E-state index in [4.69, 9.17) is 9.47 Å². The van der Waals surface area contributed by atoms with Crippen molar-refractivity contribution in [1.82, 2.24) is 0 Å². The van der Waals surface area contributed by atoms with Gasteiger partial charge in [-0.3, -0.25) is 4.79 Å². The van der Waals surface area contributed by atoms with Crippen molar-refractivity contribution >= 4 is 11.6 Å². The Bertz CT molecular complexity index is 957. The van der Waals surface area contributed by atoms with Crippen LogP contribution >= 0.6 is 0 Å². The summed E-state index contributed by atoms with van der Waals surface area (Å²) in [4.78, 5) is 12.8. The van der Waals surface area contributed by atoms with Crippen LogP contribution in [0.3, 0.4) is 0 Å². The molecule has 0 saturated heterocycles. The molecule has 0 aliphatic carbocycles. The molecule has 0 saturated carbocycles. The summed E-state index contributed by atoms with van der Waals surface area (Å²) in [6.07, 6.45) is 3.90. The van der Waals surface area contributed by atoms with Crippen molar-refractivity contribution in [3.63, 3.8) is 0 Å². The lowest BCUT2D eigenvalue weighted by Gasteiger charge is -2.17. The number of unbranched alkanes of at least 4 members (excludes halogenated alkanes) is 1. The van der Waals surface area contributed by atoms with Crippen LogP contribution in [0.4, 0.5) is 5.69 Å². The Kier molecular flexibility index (Phi) is 9.18. The van der Waals surface area contributed by atoms with Gasteiger partial charge < -0.3 is 14.8 Å². The Morgan fingerprint density at radius 3 is 1.97 bits per heavy atom. The second kappa shape index (κ2) is 12.6. The number of carbonyl (C=O) groups is 1. The van der Waals surface area contributed by atoms with Crippen LogP contribution in [0.15, 0.2) is 78.9 Å². The number of hydrogen-bond acceptors (Lipinski definition) is 3. The predicted molar refractivity (Wildman–Crippen MR) is 130 cm³/mol. The van der Waals surface area contributed by atoms with Crippen molar-refractivity contribution in [1.29, 1.82) is 0 Å². The molecule has 32 heavy (non-hydrogen) atoms. The normalized spacial score (nSPS) is 11.6. The van der Waals surface area contributed by atoms with E-state index in [9.17, 15) is 4.79 Å². The quantitative estimate of drug-likeness (QED) is 0.336. The summed E-state index contributed by atoms with van der Waals surface area (Å²) < 4.78 is 12.2. The first-order chi connectivity index (χ1) is 15.7. The Morgan fingerprint density at radius 1 is 0.812 bits per heavy atom. The van der Waals surface area contributed by atoms with Crippen LogP contribution in [0.2, 0.25) is 0 Å². The van der Waals surface area contributed by atoms with Crippen LogP contribution in [-0.4, -0.2) is 5.91 Å². The van der Waals surface area contributed by atoms with Gasteiger partial charge in [-0.25, -0.2) is 0 Å². The van der Waals surface area contributed by atoms with Crippen LogP contribution in [0.1, 0.15) is 50.7 Å². The molecule has 4 heteroatoms. The van der Waals surface area contributed by atoms with E-state index >= 15 is 0 Å². The minimum atomic E-state index is 0.0256. The summed E-state index contributed by atoms with van der Waals surface area (Å²) in [6.45, 7) is 5.08. The lowest BCUT2D eigenvalue weighted by atomic mass is 9.98. The monoisotopic (exact) mass is 431 g/mol. The van der Waals surface area contributed by atoms with Gasteiger partial charge in [-0.15, -0.1) is 0 Å². The van der Waals surface area contributed by atoms with Gasteiger partial charge in [-0.1, -0.05) is 87.4 Å². The van der Waals surface area contributed by atoms with Crippen molar-refractivity contribution in [3.05, 3.63) is 90.0 Å². The molecule has 1 unspecified atom stereocenters. The van der Waals surface area contributed by atoms with Gasteiger partial charge in [0.1, 0.15) is 13.2 Å². The van der Waals surface area contributed by atoms with Gasteiger partial charge in [0.2, 0.25) is 5.91 Å². The van der Waals surface area contributed by atoms with Crippen LogP contribution < -0.4 is 14.8 Å². The maximum absolute atomic E-state index is 12.8. The van der Waals surface area contributed by atoms with Crippen LogP contribution in [0, 0.1) is 5.92 Å². The van der Waals surface area contributed by atoms with E-state index < -0.39 is 0 Å². The third kappa shape index (κ3) is 7.16. The lowest BCUT2D eigenvalue weighted by Crippen LogP contribution is -2.22. The summed E-state index contributed by atoms with van der Waals surface area (Å²) in [7, 11) is 0. The SMILES string of the molecule is CCCCC(CC)C(=O)Nc1ccc(OCc2ccccc2)c(OCc2ccccc2)c1. The number of ether oxygens (including phenoxy) is 2. The van der Waals surface area contributed by atoms with Gasteiger partial charge in [0.05, 0.1) is 0 Å². The molecule has 0 radical (unpaired) electrons. The minimum Gasteiger partial charge on any atom is -0.485 e. The Morgan fingerprint density at radius 2 is 1.41 bits per heavy atom. The second-order valence-corrected chi connectivity index (χ2v) is 7.95. The van der Waals surface area contributed by atoms with Gasteiger partial charge in [0, 0.05) is 17.7 Å². The number of hydrogen-bond donors (Lipinski definition) is 1. The molecule has 0 heterocycles. The number of benzene rings is 3. The average molecular weight is 432 g/mol. The molecule has 4 nitrogen and oxygen atoms in total. The average Bonchev–Trinajstić information content (AvgIpc) is 2.84. The van der Waals surface area contributed by atoms with Crippen LogP contribution in [0.5, 0.6) is 11.5 Å². The van der Waals surface area contributed by atoms with Crippen LogP contribution in [0.25, 0.3) is 0 Å². The fraction of sp³-hybridized carbons (Fsp3) is 0.321. The summed E-state index contributed by atoms with van der Waals surface area (Å²) in [5.74, 6) is 1.36. The number of nitrogens with one attached hydrogen (secondary N) is 1. The van der Waals surface area contributed by atoms with Gasteiger partial charge in [-0.2, -0.15) is 0 Å². The number of amides is 1. The molecule has 1 N–H and O–H groups in total. The Labute approximate surface area is 191 Å². The maximum Gasteiger partial charge on any atom is 0.227 e. The zero-order valence-electron chi connectivity index (χ0n) is 19.1. The molecule has 3 aromatic rings. The van der Waals surface area contributed by atoms with E-state index in [2.05, 4.69) is 19.2 Å². The Balaban J connectivity index is 1.74. The summed E-state index contributed by atoms with van der Waals surface area (Å²) >= 11 is 0. The molecule has 3 rings (SSSR count). The number of anilines is 1. The first-order valence-electron chi connectivity index (χ1n) is 11.5. The van der Waals surface area contributed by atoms with E-state index in [1.165, 1.54) is 0 Å². The maximum atomic E-state index is 12.8. The highest BCUT2D eigenvalue weighted by Gasteiger charge is 2.17. The fourth-order valence-electron chi connectivity index (χ4n) is 3.50. The standard InChI is InChI=1S/C28H33NO3/c1-3-5-16-24(4-2)28(30)29-25-17-18-26(31-20-22-12-8-6-9-13-22)27(19-25)32-21-23-14-10-7-11-15-23/h6-15,17-19,24H,3-5,16,20-21H2,1-2H3,(H,29,30). The molecular weight excluding hydrogens is 398 g/mol. The minimum absolute atomic E-state index is 0.0256. The van der Waals surface area contributed by atoms with Crippen molar-refractivity contribution in [2.24, 2.45) is 5.92 Å². The molecule has 3 aromatic carbocycles. The molecule has 1 amide bonds. The summed E-state index contributed by atoms with van der Waals surface area (Å²) in [5.41, 5.74) is 2.88. The molecule has 0 aliphatic heterocycles. The molecule has 0 fully saturated rings. The molecule has 0 spiro atoms. The topological polar surface area (TPSA) is 47.6 Å². The highest BCUT2D eigenvalue weighted by atomic mass is 16.5. The first kappa shape index (κ1) is 23.4. The Hall–Kier alpha value is -3.27. The van der Waals surface area contributed by atoms with Crippen LogP contribution in [-0.2, 0) is 18.0 Å². The third-order valence-electron chi connectivity index (χ3n) is 5.46. The molecule has 0 aromatic heterocycles. The third-order valence-corrected chi connectivity index (χ3v) is 5.46. The molecule has 0 bridgehead atoms. The summed E-state index contributed by atoms with van der Waals surface area (Å²) in [6, 6.07) is 25.6. The molecule has 168 valence electrons.